The topological polar surface area (TPSA) is 60.5 Å². The Morgan fingerprint density at radius 1 is 1.00 bits per heavy atom. The zero-order valence-electron chi connectivity index (χ0n) is 15.1. The van der Waals surface area contributed by atoms with E-state index in [1.165, 1.54) is 11.3 Å². The molecular weight excluding hydrogens is 348 g/mol. The number of carbonyl (C=O) groups excluding carboxylic acids is 1. The van der Waals surface area contributed by atoms with Crippen LogP contribution in [0.15, 0.2) is 41.8 Å². The number of nitrogens with zero attached hydrogens (tertiary/aromatic N) is 1. The number of benzene rings is 2. The molecule has 6 heteroatoms. The van der Waals surface area contributed by atoms with Crippen LogP contribution < -0.4 is 14.8 Å². The van der Waals surface area contributed by atoms with Gasteiger partial charge in [0, 0.05) is 16.6 Å². The molecule has 0 saturated carbocycles. The van der Waals surface area contributed by atoms with Crippen molar-refractivity contribution in [1.29, 1.82) is 0 Å². The van der Waals surface area contributed by atoms with Crippen LogP contribution in [0, 0.1) is 13.8 Å². The van der Waals surface area contributed by atoms with Gasteiger partial charge in [-0.25, -0.2) is 4.98 Å². The van der Waals surface area contributed by atoms with Gasteiger partial charge in [0.2, 0.25) is 0 Å². The summed E-state index contributed by atoms with van der Waals surface area (Å²) in [6, 6.07) is 11.5. The van der Waals surface area contributed by atoms with Gasteiger partial charge >= 0.3 is 0 Å². The lowest BCUT2D eigenvalue weighted by molar-refractivity contribution is 0.102. The number of amides is 1. The second-order valence-corrected chi connectivity index (χ2v) is 6.80. The Bertz CT molecular complexity index is 930. The molecule has 134 valence electrons. The number of rotatable bonds is 5. The SMILES string of the molecule is COc1ccc(-c2nc(C(=O)Nc3cc(C)cc(C)c3)cs2)cc1OC. The number of carbonyl (C=O) groups is 1. The molecule has 0 aliphatic heterocycles. The molecule has 3 rings (SSSR count). The van der Waals surface area contributed by atoms with Gasteiger partial charge in [0.05, 0.1) is 14.2 Å². The predicted octanol–water partition coefficient (Wildman–Crippen LogP) is 4.70. The average Bonchev–Trinajstić information content (AvgIpc) is 3.10. The summed E-state index contributed by atoms with van der Waals surface area (Å²) in [6.07, 6.45) is 0. The van der Waals surface area contributed by atoms with Crippen LogP contribution in [-0.4, -0.2) is 25.1 Å². The van der Waals surface area contributed by atoms with Gasteiger partial charge in [0.1, 0.15) is 10.7 Å². The number of hydrogen-bond acceptors (Lipinski definition) is 5. The minimum absolute atomic E-state index is 0.224. The first-order valence-corrected chi connectivity index (χ1v) is 8.95. The highest BCUT2D eigenvalue weighted by atomic mass is 32.1. The molecule has 0 saturated heterocycles. The van der Waals surface area contributed by atoms with Crippen LogP contribution in [0.3, 0.4) is 0 Å². The van der Waals surface area contributed by atoms with Crippen molar-refractivity contribution in [2.75, 3.05) is 19.5 Å². The molecule has 2 aromatic carbocycles. The number of nitrogens with one attached hydrogen (secondary N) is 1. The Morgan fingerprint density at radius 3 is 2.35 bits per heavy atom. The van der Waals surface area contributed by atoms with Crippen molar-refractivity contribution < 1.29 is 14.3 Å². The predicted molar refractivity (Wildman–Crippen MR) is 105 cm³/mol. The van der Waals surface area contributed by atoms with Crippen LogP contribution in [-0.2, 0) is 0 Å². The monoisotopic (exact) mass is 368 g/mol. The van der Waals surface area contributed by atoms with Crippen molar-refractivity contribution in [3.05, 3.63) is 58.6 Å². The Hall–Kier alpha value is -2.86. The molecular formula is C20H20N2O3S. The number of thiazole rings is 1. The molecule has 0 spiro atoms. The molecule has 1 N–H and O–H groups in total. The summed E-state index contributed by atoms with van der Waals surface area (Å²) in [5.41, 5.74) is 4.24. The van der Waals surface area contributed by atoms with Gasteiger partial charge < -0.3 is 14.8 Å². The Balaban J connectivity index is 1.82. The minimum Gasteiger partial charge on any atom is -0.493 e. The second kappa shape index (κ2) is 7.58. The summed E-state index contributed by atoms with van der Waals surface area (Å²) in [7, 11) is 3.18. The molecule has 0 aliphatic carbocycles. The summed E-state index contributed by atoms with van der Waals surface area (Å²) in [5, 5.41) is 5.41. The molecule has 3 aromatic rings. The van der Waals surface area contributed by atoms with Crippen LogP contribution >= 0.6 is 11.3 Å². The summed E-state index contributed by atoms with van der Waals surface area (Å²) in [5.74, 6) is 1.06. The summed E-state index contributed by atoms with van der Waals surface area (Å²) in [4.78, 5) is 17.0. The highest BCUT2D eigenvalue weighted by molar-refractivity contribution is 7.13. The van der Waals surface area contributed by atoms with Gasteiger partial charge in [-0.2, -0.15) is 0 Å². The number of aryl methyl sites for hydroxylation is 2. The van der Waals surface area contributed by atoms with Gasteiger partial charge in [-0.05, 0) is 55.3 Å². The third kappa shape index (κ3) is 3.86. The van der Waals surface area contributed by atoms with Crippen molar-refractivity contribution in [2.24, 2.45) is 0 Å². The summed E-state index contributed by atoms with van der Waals surface area (Å²) < 4.78 is 10.6. The largest absolute Gasteiger partial charge is 0.493 e. The fourth-order valence-electron chi connectivity index (χ4n) is 2.72. The highest BCUT2D eigenvalue weighted by Crippen LogP contribution is 2.33. The standard InChI is InChI=1S/C20H20N2O3S/c1-12-7-13(2)9-15(8-12)21-19(23)16-11-26-20(22-16)14-5-6-17(24-3)18(10-14)25-4/h5-11H,1-4H3,(H,21,23). The van der Waals surface area contributed by atoms with Crippen molar-refractivity contribution in [3.8, 4) is 22.1 Å². The van der Waals surface area contributed by atoms with E-state index in [-0.39, 0.29) is 5.91 Å². The summed E-state index contributed by atoms with van der Waals surface area (Å²) in [6.45, 7) is 4.00. The first-order chi connectivity index (χ1) is 12.5. The Morgan fingerprint density at radius 2 is 1.69 bits per heavy atom. The number of ether oxygens (including phenoxy) is 2. The van der Waals surface area contributed by atoms with Crippen LogP contribution in [0.4, 0.5) is 5.69 Å². The lowest BCUT2D eigenvalue weighted by atomic mass is 10.1. The molecule has 0 bridgehead atoms. The third-order valence-electron chi connectivity index (χ3n) is 3.85. The fourth-order valence-corrected chi connectivity index (χ4v) is 3.52. The average molecular weight is 368 g/mol. The quantitative estimate of drug-likeness (QED) is 0.709. The van der Waals surface area contributed by atoms with E-state index in [1.54, 1.807) is 19.6 Å². The third-order valence-corrected chi connectivity index (χ3v) is 4.74. The van der Waals surface area contributed by atoms with Crippen molar-refractivity contribution in [2.45, 2.75) is 13.8 Å². The van der Waals surface area contributed by atoms with E-state index in [9.17, 15) is 4.79 Å². The van der Waals surface area contributed by atoms with E-state index in [0.717, 1.165) is 27.4 Å². The van der Waals surface area contributed by atoms with E-state index < -0.39 is 0 Å². The maximum Gasteiger partial charge on any atom is 0.275 e. The van der Waals surface area contributed by atoms with Crippen LogP contribution in [0.1, 0.15) is 21.6 Å². The van der Waals surface area contributed by atoms with Gasteiger partial charge in [-0.3, -0.25) is 4.79 Å². The van der Waals surface area contributed by atoms with Crippen LogP contribution in [0.2, 0.25) is 0 Å². The molecule has 5 nitrogen and oxygen atoms in total. The van der Waals surface area contributed by atoms with Gasteiger partial charge in [-0.15, -0.1) is 11.3 Å². The Kier molecular flexibility index (Phi) is 5.23. The first kappa shape index (κ1) is 17.9. The second-order valence-electron chi connectivity index (χ2n) is 5.94. The number of hydrogen-bond donors (Lipinski definition) is 1. The van der Waals surface area contributed by atoms with E-state index >= 15 is 0 Å². The number of aromatic nitrogens is 1. The van der Waals surface area contributed by atoms with Crippen molar-refractivity contribution >= 4 is 22.9 Å². The molecule has 0 radical (unpaired) electrons. The van der Waals surface area contributed by atoms with Gasteiger partial charge in [0.25, 0.3) is 5.91 Å². The number of anilines is 1. The minimum atomic E-state index is -0.224. The van der Waals surface area contributed by atoms with E-state index in [2.05, 4.69) is 16.4 Å². The molecule has 0 aliphatic rings. The highest BCUT2D eigenvalue weighted by Gasteiger charge is 2.14. The van der Waals surface area contributed by atoms with Crippen LogP contribution in [0.25, 0.3) is 10.6 Å². The smallest absolute Gasteiger partial charge is 0.275 e. The number of methoxy groups -OCH3 is 2. The van der Waals surface area contributed by atoms with E-state index in [4.69, 9.17) is 9.47 Å². The molecule has 1 amide bonds. The zero-order chi connectivity index (χ0) is 18.7. The lowest BCUT2D eigenvalue weighted by Crippen LogP contribution is -2.12. The van der Waals surface area contributed by atoms with E-state index in [1.807, 2.05) is 44.2 Å². The van der Waals surface area contributed by atoms with Crippen molar-refractivity contribution in [1.82, 2.24) is 4.98 Å². The Labute approximate surface area is 156 Å². The first-order valence-electron chi connectivity index (χ1n) is 8.07. The molecule has 0 unspecified atom stereocenters. The lowest BCUT2D eigenvalue weighted by Gasteiger charge is -2.08. The maximum atomic E-state index is 12.5. The van der Waals surface area contributed by atoms with Gasteiger partial charge in [0.15, 0.2) is 11.5 Å². The van der Waals surface area contributed by atoms with Gasteiger partial charge in [-0.1, -0.05) is 6.07 Å². The zero-order valence-corrected chi connectivity index (χ0v) is 15.9. The van der Waals surface area contributed by atoms with Crippen LogP contribution in [0.5, 0.6) is 11.5 Å². The van der Waals surface area contributed by atoms with Crippen molar-refractivity contribution in [3.63, 3.8) is 0 Å². The summed E-state index contributed by atoms with van der Waals surface area (Å²) >= 11 is 1.41. The molecule has 0 fully saturated rings. The van der Waals surface area contributed by atoms with E-state index in [0.29, 0.717) is 17.2 Å². The molecule has 0 atom stereocenters. The normalized spacial score (nSPS) is 10.5. The fraction of sp³-hybridized carbons (Fsp3) is 0.200. The molecule has 1 aromatic heterocycles. The molecule has 26 heavy (non-hydrogen) atoms. The molecule has 1 heterocycles. The maximum absolute atomic E-state index is 12.5.